The fourth-order valence-electron chi connectivity index (χ4n) is 5.61. The zero-order valence-corrected chi connectivity index (χ0v) is 18.3. The number of esters is 2. The number of hydrogen-bond acceptors (Lipinski definition) is 4. The molecule has 1 fully saturated rings. The molecule has 0 amide bonds. The highest BCUT2D eigenvalue weighted by Gasteiger charge is 2.54. The van der Waals surface area contributed by atoms with Gasteiger partial charge in [-0.05, 0) is 73.7 Å². The van der Waals surface area contributed by atoms with E-state index in [0.717, 1.165) is 19.3 Å². The van der Waals surface area contributed by atoms with Crippen molar-refractivity contribution in [3.63, 3.8) is 0 Å². The van der Waals surface area contributed by atoms with Gasteiger partial charge in [-0.3, -0.25) is 9.59 Å². The first kappa shape index (κ1) is 22.0. The van der Waals surface area contributed by atoms with Gasteiger partial charge in [-0.15, -0.1) is 0 Å². The van der Waals surface area contributed by atoms with Crippen molar-refractivity contribution in [1.82, 2.24) is 0 Å². The molecule has 4 nitrogen and oxygen atoms in total. The van der Waals surface area contributed by atoms with Gasteiger partial charge in [0.1, 0.15) is 6.10 Å². The zero-order chi connectivity index (χ0) is 20.4. The lowest BCUT2D eigenvalue weighted by Crippen LogP contribution is -2.52. The summed E-state index contributed by atoms with van der Waals surface area (Å²) < 4.78 is 10.4. The molecule has 2 aliphatic carbocycles. The maximum Gasteiger partial charge on any atom is 0.305 e. The normalized spacial score (nSPS) is 37.0. The molecule has 6 atom stereocenters. The van der Waals surface area contributed by atoms with E-state index in [1.807, 2.05) is 0 Å². The summed E-state index contributed by atoms with van der Waals surface area (Å²) in [6, 6.07) is 0. The van der Waals surface area contributed by atoms with E-state index in [4.69, 9.17) is 9.47 Å². The molecule has 0 aromatic heterocycles. The molecule has 27 heavy (non-hydrogen) atoms. The first-order chi connectivity index (χ1) is 12.5. The minimum absolute atomic E-state index is 0.113. The van der Waals surface area contributed by atoms with E-state index >= 15 is 0 Å². The van der Waals surface area contributed by atoms with E-state index in [2.05, 4.69) is 40.7 Å². The number of carbonyl (C=O) groups is 2. The van der Waals surface area contributed by atoms with E-state index in [9.17, 15) is 9.59 Å². The number of carbonyl (C=O) groups excluding carboxylic acids is 2. The summed E-state index contributed by atoms with van der Waals surface area (Å²) in [5.41, 5.74) is 1.71. The maximum absolute atomic E-state index is 11.6. The van der Waals surface area contributed by atoms with Gasteiger partial charge in [0.05, 0.1) is 7.11 Å². The van der Waals surface area contributed by atoms with Gasteiger partial charge in [0, 0.05) is 13.3 Å². The Balaban J connectivity index is 2.22. The number of ether oxygens (including phenoxy) is 2. The van der Waals surface area contributed by atoms with Crippen LogP contribution >= 0.6 is 0 Å². The van der Waals surface area contributed by atoms with Crippen LogP contribution in [0.15, 0.2) is 11.6 Å². The third kappa shape index (κ3) is 4.57. The summed E-state index contributed by atoms with van der Waals surface area (Å²) in [6.07, 6.45) is 7.97. The molecule has 154 valence electrons. The maximum atomic E-state index is 11.6. The summed E-state index contributed by atoms with van der Waals surface area (Å²) in [7, 11) is 1.46. The van der Waals surface area contributed by atoms with E-state index in [1.165, 1.54) is 32.4 Å². The number of fused-ring (bicyclic) bond motifs is 1. The minimum Gasteiger partial charge on any atom is -0.469 e. The first-order valence-electron chi connectivity index (χ1n) is 10.5. The molecule has 0 N–H and O–H groups in total. The smallest absolute Gasteiger partial charge is 0.305 e. The van der Waals surface area contributed by atoms with Crippen LogP contribution in [0, 0.1) is 28.6 Å². The molecule has 0 spiro atoms. The van der Waals surface area contributed by atoms with Crippen molar-refractivity contribution < 1.29 is 19.1 Å². The molecule has 4 heteroatoms. The van der Waals surface area contributed by atoms with Crippen molar-refractivity contribution in [1.29, 1.82) is 0 Å². The number of methoxy groups -OCH3 is 1. The summed E-state index contributed by atoms with van der Waals surface area (Å²) in [4.78, 5) is 23.1. The fourth-order valence-corrected chi connectivity index (χ4v) is 5.61. The molecule has 0 unspecified atom stereocenters. The molecule has 0 aromatic carbocycles. The molecule has 0 aliphatic heterocycles. The lowest BCUT2D eigenvalue weighted by molar-refractivity contribution is -0.148. The fraction of sp³-hybridized carbons (Fsp3) is 0.826. The second-order valence-corrected chi connectivity index (χ2v) is 9.57. The molecule has 0 aromatic rings. The van der Waals surface area contributed by atoms with Gasteiger partial charge in [-0.2, -0.15) is 0 Å². The molecular weight excluding hydrogens is 340 g/mol. The van der Waals surface area contributed by atoms with Crippen LogP contribution in [0.1, 0.15) is 80.1 Å². The second kappa shape index (κ2) is 8.36. The third-order valence-electron chi connectivity index (χ3n) is 7.83. The molecule has 0 bridgehead atoms. The van der Waals surface area contributed by atoms with Crippen LogP contribution in [0.25, 0.3) is 0 Å². The minimum atomic E-state index is -0.204. The van der Waals surface area contributed by atoms with Crippen molar-refractivity contribution in [3.05, 3.63) is 11.6 Å². The van der Waals surface area contributed by atoms with Crippen LogP contribution in [-0.2, 0) is 19.1 Å². The van der Waals surface area contributed by atoms with E-state index in [-0.39, 0.29) is 28.9 Å². The molecule has 0 heterocycles. The second-order valence-electron chi connectivity index (χ2n) is 9.57. The molecule has 0 saturated heterocycles. The summed E-state index contributed by atoms with van der Waals surface area (Å²) >= 11 is 0. The monoisotopic (exact) mass is 378 g/mol. The predicted octanol–water partition coefficient (Wildman–Crippen LogP) is 5.31. The zero-order valence-electron chi connectivity index (χ0n) is 18.3. The summed E-state index contributed by atoms with van der Waals surface area (Å²) in [5, 5.41) is 0. The van der Waals surface area contributed by atoms with Crippen molar-refractivity contribution in [2.75, 3.05) is 7.11 Å². The van der Waals surface area contributed by atoms with Gasteiger partial charge in [0.25, 0.3) is 0 Å². The van der Waals surface area contributed by atoms with Crippen LogP contribution in [0.3, 0.4) is 0 Å². The average Bonchev–Trinajstić information content (AvgIpc) is 2.59. The largest absolute Gasteiger partial charge is 0.469 e. The molecule has 1 saturated carbocycles. The predicted molar refractivity (Wildman–Crippen MR) is 107 cm³/mol. The van der Waals surface area contributed by atoms with Crippen LogP contribution in [-0.4, -0.2) is 25.2 Å². The molecular formula is C23H38O4. The number of hydrogen-bond donors (Lipinski definition) is 0. The van der Waals surface area contributed by atoms with E-state index < -0.39 is 0 Å². The Morgan fingerprint density at radius 3 is 2.59 bits per heavy atom. The first-order valence-corrected chi connectivity index (χ1v) is 10.5. The highest BCUT2D eigenvalue weighted by molar-refractivity contribution is 5.69. The Labute approximate surface area is 165 Å². The quantitative estimate of drug-likeness (QED) is 0.464. The van der Waals surface area contributed by atoms with Gasteiger partial charge in [0.15, 0.2) is 0 Å². The van der Waals surface area contributed by atoms with Gasteiger partial charge < -0.3 is 9.47 Å². The topological polar surface area (TPSA) is 52.6 Å². The van der Waals surface area contributed by atoms with Crippen LogP contribution in [0.4, 0.5) is 0 Å². The standard InChI is InChI=1S/C23H38O4/c1-15(12-21(25)26-7)8-10-22(5)16(2)9-11-23(6)17(3)13-19(14-20(22)23)27-18(4)24/h13,15-16,19-20H,8-12,14H2,1-7H3/t15-,16-,19+,20-,22+,23+/m1/s1. The van der Waals surface area contributed by atoms with Gasteiger partial charge >= 0.3 is 11.9 Å². The van der Waals surface area contributed by atoms with Crippen LogP contribution in [0.2, 0.25) is 0 Å². The van der Waals surface area contributed by atoms with Gasteiger partial charge in [0.2, 0.25) is 0 Å². The van der Waals surface area contributed by atoms with Gasteiger partial charge in [-0.25, -0.2) is 0 Å². The Bertz CT molecular complexity index is 595. The van der Waals surface area contributed by atoms with E-state index in [1.54, 1.807) is 0 Å². The highest BCUT2D eigenvalue weighted by Crippen LogP contribution is 2.62. The average molecular weight is 379 g/mol. The van der Waals surface area contributed by atoms with Crippen LogP contribution in [0.5, 0.6) is 0 Å². The highest BCUT2D eigenvalue weighted by atomic mass is 16.5. The molecule has 2 aliphatic rings. The summed E-state index contributed by atoms with van der Waals surface area (Å²) in [6.45, 7) is 13.0. The Morgan fingerprint density at radius 2 is 2.00 bits per heavy atom. The lowest BCUT2D eigenvalue weighted by atomic mass is 9.46. The SMILES string of the molecule is COC(=O)C[C@H](C)CC[C@@]1(C)[C@H](C)CC[C@@]2(C)C(C)=C[C@H](OC(C)=O)C[C@H]12. The van der Waals surface area contributed by atoms with Crippen molar-refractivity contribution in [2.24, 2.45) is 28.6 Å². The van der Waals surface area contributed by atoms with Crippen molar-refractivity contribution in [3.8, 4) is 0 Å². The summed E-state index contributed by atoms with van der Waals surface area (Å²) in [5.74, 6) is 1.09. The number of allylic oxidation sites excluding steroid dienone is 1. The Morgan fingerprint density at radius 1 is 1.33 bits per heavy atom. The van der Waals surface area contributed by atoms with Gasteiger partial charge in [-0.1, -0.05) is 33.3 Å². The lowest BCUT2D eigenvalue weighted by Gasteiger charge is -2.59. The molecule has 2 rings (SSSR count). The Hall–Kier alpha value is -1.32. The number of rotatable bonds is 6. The van der Waals surface area contributed by atoms with Crippen molar-refractivity contribution in [2.45, 2.75) is 86.2 Å². The van der Waals surface area contributed by atoms with Crippen LogP contribution < -0.4 is 0 Å². The Kier molecular flexibility index (Phi) is 6.81. The third-order valence-corrected chi connectivity index (χ3v) is 7.83. The van der Waals surface area contributed by atoms with Crippen molar-refractivity contribution >= 4 is 11.9 Å². The molecule has 0 radical (unpaired) electrons. The van der Waals surface area contributed by atoms with E-state index in [0.29, 0.717) is 24.2 Å².